The lowest BCUT2D eigenvalue weighted by molar-refractivity contribution is 0.0618. The van der Waals surface area contributed by atoms with E-state index in [1.54, 1.807) is 0 Å². The average Bonchev–Trinajstić information content (AvgIpc) is 2.30. The van der Waals surface area contributed by atoms with Crippen molar-refractivity contribution in [2.45, 2.75) is 6.92 Å². The van der Waals surface area contributed by atoms with E-state index in [1.807, 2.05) is 0 Å². The lowest BCUT2D eigenvalue weighted by atomic mass is 10.2. The summed E-state index contributed by atoms with van der Waals surface area (Å²) < 4.78 is 4.29. The molecule has 0 atom stereocenters. The van der Waals surface area contributed by atoms with Crippen LogP contribution in [0.25, 0.3) is 0 Å². The van der Waals surface area contributed by atoms with Crippen LogP contribution in [-0.2, 0) is 0 Å². The van der Waals surface area contributed by atoms with Crippen molar-refractivity contribution in [1.82, 2.24) is 5.16 Å². The van der Waals surface area contributed by atoms with Crippen LogP contribution < -0.4 is 0 Å². The molecule has 0 radical (unpaired) electrons. The van der Waals surface area contributed by atoms with E-state index in [1.165, 1.54) is 6.92 Å². The minimum atomic E-state index is -1.44. The molecule has 1 aromatic rings. The van der Waals surface area contributed by atoms with Gasteiger partial charge in [-0.05, 0) is 6.92 Å². The van der Waals surface area contributed by atoms with Crippen LogP contribution in [0, 0.1) is 6.92 Å². The minimum Gasteiger partial charge on any atom is -0.477 e. The molecule has 0 aliphatic heterocycles. The van der Waals surface area contributed by atoms with Crippen molar-refractivity contribution in [2.75, 3.05) is 0 Å². The van der Waals surface area contributed by atoms with Crippen molar-refractivity contribution in [2.24, 2.45) is 0 Å². The van der Waals surface area contributed by atoms with Gasteiger partial charge >= 0.3 is 11.9 Å². The zero-order valence-electron chi connectivity index (χ0n) is 6.07. The highest BCUT2D eigenvalue weighted by Crippen LogP contribution is 2.12. The summed E-state index contributed by atoms with van der Waals surface area (Å²) in [5.41, 5.74) is -0.345. The SMILES string of the molecule is Cc1noc(C(=O)O)c1C(=O)O. The van der Waals surface area contributed by atoms with Crippen molar-refractivity contribution in [3.8, 4) is 0 Å². The number of aromatic carboxylic acids is 2. The Kier molecular flexibility index (Phi) is 1.82. The van der Waals surface area contributed by atoms with Crippen LogP contribution >= 0.6 is 0 Å². The molecule has 0 aliphatic rings. The van der Waals surface area contributed by atoms with Crippen molar-refractivity contribution in [3.63, 3.8) is 0 Å². The molecule has 12 heavy (non-hydrogen) atoms. The van der Waals surface area contributed by atoms with Gasteiger partial charge in [0.25, 0.3) is 5.76 Å². The van der Waals surface area contributed by atoms with Gasteiger partial charge < -0.3 is 14.7 Å². The number of carboxylic acid groups (broad SMARTS) is 2. The van der Waals surface area contributed by atoms with Crippen LogP contribution in [0.15, 0.2) is 4.52 Å². The maximum Gasteiger partial charge on any atom is 0.375 e. The number of rotatable bonds is 2. The lowest BCUT2D eigenvalue weighted by Gasteiger charge is -1.89. The first-order valence-corrected chi connectivity index (χ1v) is 2.97. The molecule has 6 heteroatoms. The first kappa shape index (κ1) is 8.25. The van der Waals surface area contributed by atoms with E-state index in [9.17, 15) is 9.59 Å². The molecule has 2 N–H and O–H groups in total. The standard InChI is InChI=1S/C6H5NO5/c1-2-3(5(8)9)4(6(10)11)12-7-2/h1H3,(H,8,9)(H,10,11). The summed E-state index contributed by atoms with van der Waals surface area (Å²) in [7, 11) is 0. The Labute approximate surface area is 66.4 Å². The molecule has 64 valence electrons. The second-order valence-corrected chi connectivity index (χ2v) is 2.08. The molecular formula is C6H5NO5. The number of aryl methyl sites for hydroxylation is 1. The van der Waals surface area contributed by atoms with Gasteiger partial charge in [0.05, 0.1) is 5.69 Å². The highest BCUT2D eigenvalue weighted by Gasteiger charge is 2.24. The lowest BCUT2D eigenvalue weighted by Crippen LogP contribution is -2.05. The molecule has 0 unspecified atom stereocenters. The monoisotopic (exact) mass is 171 g/mol. The Balaban J connectivity index is 3.31. The van der Waals surface area contributed by atoms with E-state index in [4.69, 9.17) is 10.2 Å². The summed E-state index contributed by atoms with van der Waals surface area (Å²) in [5, 5.41) is 20.2. The van der Waals surface area contributed by atoms with E-state index in [-0.39, 0.29) is 5.69 Å². The normalized spacial score (nSPS) is 9.75. The Morgan fingerprint density at radius 3 is 2.25 bits per heavy atom. The zero-order valence-corrected chi connectivity index (χ0v) is 6.07. The van der Waals surface area contributed by atoms with Gasteiger partial charge in [-0.3, -0.25) is 0 Å². The van der Waals surface area contributed by atoms with Crippen molar-refractivity contribution < 1.29 is 24.3 Å². The highest BCUT2D eigenvalue weighted by molar-refractivity contribution is 6.00. The summed E-state index contributed by atoms with van der Waals surface area (Å²) in [6.07, 6.45) is 0. The maximum atomic E-state index is 10.4. The Hall–Kier alpha value is -1.85. The van der Waals surface area contributed by atoms with Crippen molar-refractivity contribution in [3.05, 3.63) is 17.0 Å². The van der Waals surface area contributed by atoms with Crippen LogP contribution in [0.4, 0.5) is 0 Å². The van der Waals surface area contributed by atoms with Crippen LogP contribution in [0.2, 0.25) is 0 Å². The maximum absolute atomic E-state index is 10.4. The molecule has 1 heterocycles. The Bertz CT molecular complexity index is 340. The second-order valence-electron chi connectivity index (χ2n) is 2.08. The summed E-state index contributed by atoms with van der Waals surface area (Å²) >= 11 is 0. The molecule has 1 rings (SSSR count). The first-order chi connectivity index (χ1) is 5.54. The number of carbonyl (C=O) groups is 2. The first-order valence-electron chi connectivity index (χ1n) is 2.97. The van der Waals surface area contributed by atoms with Gasteiger partial charge in [0.1, 0.15) is 5.56 Å². The summed E-state index contributed by atoms with van der Waals surface area (Å²) in [5.74, 6) is -3.43. The fraction of sp³-hybridized carbons (Fsp3) is 0.167. The summed E-state index contributed by atoms with van der Waals surface area (Å²) in [4.78, 5) is 20.8. The van der Waals surface area contributed by atoms with Crippen LogP contribution in [-0.4, -0.2) is 27.3 Å². The third kappa shape index (κ3) is 1.14. The number of hydrogen-bond acceptors (Lipinski definition) is 4. The van der Waals surface area contributed by atoms with Gasteiger partial charge in [0, 0.05) is 0 Å². The molecule has 0 saturated heterocycles. The molecule has 0 saturated carbocycles. The molecule has 0 aromatic carbocycles. The number of carboxylic acids is 2. The van der Waals surface area contributed by atoms with E-state index < -0.39 is 23.3 Å². The third-order valence-electron chi connectivity index (χ3n) is 1.27. The van der Waals surface area contributed by atoms with Crippen molar-refractivity contribution >= 4 is 11.9 Å². The Morgan fingerprint density at radius 2 is 1.92 bits per heavy atom. The van der Waals surface area contributed by atoms with Crippen molar-refractivity contribution in [1.29, 1.82) is 0 Å². The summed E-state index contributed by atoms with van der Waals surface area (Å²) in [6, 6.07) is 0. The number of hydrogen-bond donors (Lipinski definition) is 2. The largest absolute Gasteiger partial charge is 0.477 e. The van der Waals surface area contributed by atoms with E-state index in [0.29, 0.717) is 0 Å². The fourth-order valence-corrected chi connectivity index (χ4v) is 0.768. The van der Waals surface area contributed by atoms with Gasteiger partial charge in [-0.1, -0.05) is 5.16 Å². The molecule has 0 bridgehead atoms. The molecule has 1 aromatic heterocycles. The van der Waals surface area contributed by atoms with E-state index >= 15 is 0 Å². The zero-order chi connectivity index (χ0) is 9.30. The summed E-state index contributed by atoms with van der Waals surface area (Å²) in [6.45, 7) is 1.36. The topological polar surface area (TPSA) is 101 Å². The molecular weight excluding hydrogens is 166 g/mol. The van der Waals surface area contributed by atoms with Crippen LogP contribution in [0.1, 0.15) is 26.6 Å². The molecule has 0 aliphatic carbocycles. The average molecular weight is 171 g/mol. The third-order valence-corrected chi connectivity index (χ3v) is 1.27. The number of nitrogens with zero attached hydrogens (tertiary/aromatic N) is 1. The fourth-order valence-electron chi connectivity index (χ4n) is 0.768. The molecule has 6 nitrogen and oxygen atoms in total. The second kappa shape index (κ2) is 2.65. The highest BCUT2D eigenvalue weighted by atomic mass is 16.5. The van der Waals surface area contributed by atoms with Crippen LogP contribution in [0.3, 0.4) is 0 Å². The van der Waals surface area contributed by atoms with Gasteiger partial charge in [0.2, 0.25) is 0 Å². The quantitative estimate of drug-likeness (QED) is 0.666. The predicted molar refractivity (Wildman–Crippen MR) is 35.2 cm³/mol. The van der Waals surface area contributed by atoms with Gasteiger partial charge in [-0.15, -0.1) is 0 Å². The number of aromatic nitrogens is 1. The van der Waals surface area contributed by atoms with Gasteiger partial charge in [0.15, 0.2) is 0 Å². The van der Waals surface area contributed by atoms with E-state index in [2.05, 4.69) is 9.68 Å². The Morgan fingerprint density at radius 1 is 1.33 bits per heavy atom. The molecule has 0 fully saturated rings. The van der Waals surface area contributed by atoms with Gasteiger partial charge in [-0.25, -0.2) is 9.59 Å². The minimum absolute atomic E-state index is 0.0555. The van der Waals surface area contributed by atoms with E-state index in [0.717, 1.165) is 0 Å². The molecule has 0 amide bonds. The molecule has 0 spiro atoms. The smallest absolute Gasteiger partial charge is 0.375 e. The predicted octanol–water partition coefficient (Wildman–Crippen LogP) is 0.379. The van der Waals surface area contributed by atoms with Crippen LogP contribution in [0.5, 0.6) is 0 Å². The van der Waals surface area contributed by atoms with Gasteiger partial charge in [-0.2, -0.15) is 0 Å².